The number of nitriles is 1. The van der Waals surface area contributed by atoms with Crippen LogP contribution in [0.15, 0.2) is 53.0 Å². The van der Waals surface area contributed by atoms with Crippen LogP contribution in [0.25, 0.3) is 0 Å². The number of halogens is 1. The van der Waals surface area contributed by atoms with Crippen molar-refractivity contribution in [2.75, 3.05) is 0 Å². The van der Waals surface area contributed by atoms with E-state index in [1.807, 2.05) is 24.3 Å². The molecule has 2 rings (SSSR count). The molecule has 3 heteroatoms. The van der Waals surface area contributed by atoms with Crippen molar-refractivity contribution in [2.24, 2.45) is 0 Å². The fourth-order valence-electron chi connectivity index (χ4n) is 2.11. The smallest absolute Gasteiger partial charge is 0.0995 e. The van der Waals surface area contributed by atoms with Gasteiger partial charge in [-0.2, -0.15) is 5.26 Å². The minimum Gasteiger partial charge on any atom is -0.310 e. The molecule has 0 radical (unpaired) electrons. The fraction of sp³-hybridized carbons (Fsp3) is 0.235. The zero-order valence-electron chi connectivity index (χ0n) is 11.4. The number of nitrogens with one attached hydrogen (secondary N) is 1. The van der Waals surface area contributed by atoms with Gasteiger partial charge in [0, 0.05) is 17.1 Å². The van der Waals surface area contributed by atoms with E-state index in [0.717, 1.165) is 28.6 Å². The maximum absolute atomic E-state index is 9.06. The van der Waals surface area contributed by atoms with Crippen LogP contribution in [0.5, 0.6) is 0 Å². The van der Waals surface area contributed by atoms with Crippen LogP contribution in [0, 0.1) is 11.3 Å². The van der Waals surface area contributed by atoms with Crippen LogP contribution in [0.3, 0.4) is 0 Å². The molecule has 0 saturated heterocycles. The molecule has 0 saturated carbocycles. The third-order valence-corrected chi connectivity index (χ3v) is 3.76. The van der Waals surface area contributed by atoms with E-state index in [9.17, 15) is 0 Å². The first-order chi connectivity index (χ1) is 9.69. The van der Waals surface area contributed by atoms with Gasteiger partial charge in [-0.1, -0.05) is 46.3 Å². The molecule has 0 fully saturated rings. The summed E-state index contributed by atoms with van der Waals surface area (Å²) in [6.07, 6.45) is 0.974. The van der Waals surface area contributed by atoms with Gasteiger partial charge >= 0.3 is 0 Å². The second kappa shape index (κ2) is 7.23. The molecular weight excluding hydrogens is 312 g/mol. The minimum absolute atomic E-state index is 0.364. The Morgan fingerprint density at radius 1 is 1.15 bits per heavy atom. The number of rotatable bonds is 5. The Labute approximate surface area is 128 Å². The minimum atomic E-state index is 0.364. The first-order valence-corrected chi connectivity index (χ1v) is 7.44. The summed E-state index contributed by atoms with van der Waals surface area (Å²) in [4.78, 5) is 0. The molecule has 1 unspecified atom stereocenters. The molecule has 102 valence electrons. The zero-order chi connectivity index (χ0) is 14.4. The molecule has 20 heavy (non-hydrogen) atoms. The average molecular weight is 329 g/mol. The third-order valence-electron chi connectivity index (χ3n) is 3.23. The normalized spacial score (nSPS) is 11.8. The molecule has 1 N–H and O–H groups in total. The first-order valence-electron chi connectivity index (χ1n) is 6.65. The highest BCUT2D eigenvalue weighted by Gasteiger charge is 2.05. The highest BCUT2D eigenvalue weighted by molar-refractivity contribution is 9.10. The van der Waals surface area contributed by atoms with Crippen LogP contribution in [-0.4, -0.2) is 6.04 Å². The van der Waals surface area contributed by atoms with Gasteiger partial charge in [0.25, 0.3) is 0 Å². The van der Waals surface area contributed by atoms with Crippen molar-refractivity contribution in [3.63, 3.8) is 0 Å². The molecule has 0 aliphatic rings. The predicted molar refractivity (Wildman–Crippen MR) is 85.3 cm³/mol. The van der Waals surface area contributed by atoms with Gasteiger partial charge in [-0.05, 0) is 42.7 Å². The predicted octanol–water partition coefficient (Wildman–Crippen LogP) is 4.04. The van der Waals surface area contributed by atoms with Crippen LogP contribution in [0.4, 0.5) is 0 Å². The van der Waals surface area contributed by atoms with Gasteiger partial charge in [0.15, 0.2) is 0 Å². The molecule has 2 aromatic rings. The van der Waals surface area contributed by atoms with Crippen LogP contribution in [0.1, 0.15) is 23.6 Å². The Balaban J connectivity index is 1.90. The Hall–Kier alpha value is -1.63. The van der Waals surface area contributed by atoms with Crippen LogP contribution < -0.4 is 5.32 Å². The lowest BCUT2D eigenvalue weighted by Gasteiger charge is -2.14. The van der Waals surface area contributed by atoms with E-state index >= 15 is 0 Å². The van der Waals surface area contributed by atoms with E-state index in [-0.39, 0.29) is 0 Å². The van der Waals surface area contributed by atoms with Gasteiger partial charge in [-0.25, -0.2) is 0 Å². The molecule has 1 atom stereocenters. The largest absolute Gasteiger partial charge is 0.310 e. The molecule has 0 aliphatic carbocycles. The molecular formula is C17H17BrN2. The average Bonchev–Trinajstić information content (AvgIpc) is 2.48. The van der Waals surface area contributed by atoms with E-state index < -0.39 is 0 Å². The van der Waals surface area contributed by atoms with Crippen molar-refractivity contribution in [3.8, 4) is 6.07 Å². The van der Waals surface area contributed by atoms with Crippen LogP contribution >= 0.6 is 15.9 Å². The number of hydrogen-bond acceptors (Lipinski definition) is 2. The van der Waals surface area contributed by atoms with Crippen molar-refractivity contribution >= 4 is 15.9 Å². The molecule has 0 bridgehead atoms. The second-order valence-corrected chi connectivity index (χ2v) is 5.80. The molecule has 0 heterocycles. The summed E-state index contributed by atoms with van der Waals surface area (Å²) >= 11 is 3.44. The quantitative estimate of drug-likeness (QED) is 0.899. The van der Waals surface area contributed by atoms with Crippen molar-refractivity contribution < 1.29 is 0 Å². The van der Waals surface area contributed by atoms with Gasteiger partial charge in [0.05, 0.1) is 11.6 Å². The summed E-state index contributed by atoms with van der Waals surface area (Å²) in [5.41, 5.74) is 3.11. The van der Waals surface area contributed by atoms with Gasteiger partial charge in [0.2, 0.25) is 0 Å². The van der Waals surface area contributed by atoms with Gasteiger partial charge in [0.1, 0.15) is 0 Å². The molecule has 0 aromatic heterocycles. The monoisotopic (exact) mass is 328 g/mol. The maximum Gasteiger partial charge on any atom is 0.0995 e. The molecule has 2 nitrogen and oxygen atoms in total. The van der Waals surface area contributed by atoms with E-state index in [0.29, 0.717) is 6.04 Å². The van der Waals surface area contributed by atoms with Crippen LogP contribution in [-0.2, 0) is 13.0 Å². The summed E-state index contributed by atoms with van der Waals surface area (Å²) in [7, 11) is 0. The highest BCUT2D eigenvalue weighted by Crippen LogP contribution is 2.12. The maximum atomic E-state index is 9.06. The lowest BCUT2D eigenvalue weighted by atomic mass is 10.1. The summed E-state index contributed by atoms with van der Waals surface area (Å²) < 4.78 is 1.10. The molecule has 0 amide bonds. The summed E-state index contributed by atoms with van der Waals surface area (Å²) in [6.45, 7) is 2.89. The Bertz CT molecular complexity index is 599. The van der Waals surface area contributed by atoms with E-state index in [1.54, 1.807) is 0 Å². The third kappa shape index (κ3) is 4.19. The van der Waals surface area contributed by atoms with Gasteiger partial charge in [-0.3, -0.25) is 0 Å². The standard InChI is InChI=1S/C17H17BrN2/c1-13(10-14-6-8-17(18)9-7-14)20-12-16-5-3-2-4-15(16)11-19/h2-9,13,20H,10,12H2,1H3. The Morgan fingerprint density at radius 2 is 1.85 bits per heavy atom. The number of benzene rings is 2. The Morgan fingerprint density at radius 3 is 2.55 bits per heavy atom. The van der Waals surface area contributed by atoms with Crippen molar-refractivity contribution in [1.29, 1.82) is 5.26 Å². The topological polar surface area (TPSA) is 35.8 Å². The summed E-state index contributed by atoms with van der Waals surface area (Å²) in [5, 5.41) is 12.5. The van der Waals surface area contributed by atoms with Gasteiger partial charge < -0.3 is 5.32 Å². The fourth-order valence-corrected chi connectivity index (χ4v) is 2.38. The number of hydrogen-bond donors (Lipinski definition) is 1. The van der Waals surface area contributed by atoms with Crippen molar-refractivity contribution in [3.05, 3.63) is 69.7 Å². The van der Waals surface area contributed by atoms with Crippen molar-refractivity contribution in [2.45, 2.75) is 25.9 Å². The van der Waals surface area contributed by atoms with Crippen LogP contribution in [0.2, 0.25) is 0 Å². The first kappa shape index (κ1) is 14.8. The van der Waals surface area contributed by atoms with E-state index in [2.05, 4.69) is 58.5 Å². The highest BCUT2D eigenvalue weighted by atomic mass is 79.9. The Kier molecular flexibility index (Phi) is 5.34. The van der Waals surface area contributed by atoms with E-state index in [4.69, 9.17) is 5.26 Å². The van der Waals surface area contributed by atoms with E-state index in [1.165, 1.54) is 5.56 Å². The van der Waals surface area contributed by atoms with Crippen molar-refractivity contribution in [1.82, 2.24) is 5.32 Å². The summed E-state index contributed by atoms with van der Waals surface area (Å²) in [6, 6.07) is 18.7. The summed E-state index contributed by atoms with van der Waals surface area (Å²) in [5.74, 6) is 0. The molecule has 0 aliphatic heterocycles. The van der Waals surface area contributed by atoms with Gasteiger partial charge in [-0.15, -0.1) is 0 Å². The zero-order valence-corrected chi connectivity index (χ0v) is 13.0. The SMILES string of the molecule is CC(Cc1ccc(Br)cc1)NCc1ccccc1C#N. The molecule has 2 aromatic carbocycles. The lowest BCUT2D eigenvalue weighted by Crippen LogP contribution is -2.27. The second-order valence-electron chi connectivity index (χ2n) is 4.88. The lowest BCUT2D eigenvalue weighted by molar-refractivity contribution is 0.545. The number of nitrogens with zero attached hydrogens (tertiary/aromatic N) is 1. The molecule has 0 spiro atoms.